The molecule has 2 amide bonds. The van der Waals surface area contributed by atoms with Crippen LogP contribution < -0.4 is 15.4 Å². The van der Waals surface area contributed by atoms with Gasteiger partial charge in [0.1, 0.15) is 10.8 Å². The zero-order valence-corrected chi connectivity index (χ0v) is 15.5. The summed E-state index contributed by atoms with van der Waals surface area (Å²) in [6.07, 6.45) is 2.88. The molecule has 1 aromatic carbocycles. The van der Waals surface area contributed by atoms with Gasteiger partial charge in [-0.2, -0.15) is 0 Å². The summed E-state index contributed by atoms with van der Waals surface area (Å²) in [4.78, 5) is 25.7. The Balaban J connectivity index is 1.93. The maximum atomic E-state index is 12.9. The maximum Gasteiger partial charge on any atom is 0.258 e. The second kappa shape index (κ2) is 7.27. The van der Waals surface area contributed by atoms with Crippen molar-refractivity contribution < 1.29 is 14.3 Å². The highest BCUT2D eigenvalue weighted by atomic mass is 32.1. The number of hydrogen-bond acceptors (Lipinski definition) is 4. The molecule has 132 valence electrons. The number of methoxy groups -OCH3 is 1. The number of amides is 2. The summed E-state index contributed by atoms with van der Waals surface area (Å²) in [5, 5.41) is 6.40. The number of ether oxygens (including phenoxy) is 1. The van der Waals surface area contributed by atoms with Crippen LogP contribution in [0.3, 0.4) is 0 Å². The van der Waals surface area contributed by atoms with E-state index in [2.05, 4.69) is 17.6 Å². The number of anilines is 2. The van der Waals surface area contributed by atoms with Crippen LogP contribution in [0.5, 0.6) is 5.75 Å². The Labute approximate surface area is 151 Å². The van der Waals surface area contributed by atoms with Crippen molar-refractivity contribution >= 4 is 33.8 Å². The molecule has 5 nitrogen and oxygen atoms in total. The minimum absolute atomic E-state index is 0.165. The van der Waals surface area contributed by atoms with Crippen molar-refractivity contribution in [3.05, 3.63) is 40.3 Å². The molecule has 0 radical (unpaired) electrons. The number of carbonyl (C=O) groups is 2. The van der Waals surface area contributed by atoms with Gasteiger partial charge in [0, 0.05) is 23.6 Å². The first kappa shape index (κ1) is 17.5. The molecular weight excluding hydrogens is 336 g/mol. The van der Waals surface area contributed by atoms with E-state index in [1.54, 1.807) is 13.2 Å². The summed E-state index contributed by atoms with van der Waals surface area (Å²) in [6.45, 7) is 3.68. The van der Waals surface area contributed by atoms with Gasteiger partial charge >= 0.3 is 0 Å². The van der Waals surface area contributed by atoms with Gasteiger partial charge in [-0.05, 0) is 42.9 Å². The lowest BCUT2D eigenvalue weighted by Gasteiger charge is -2.18. The van der Waals surface area contributed by atoms with E-state index in [-0.39, 0.29) is 11.8 Å². The lowest BCUT2D eigenvalue weighted by molar-refractivity contribution is -0.114. The van der Waals surface area contributed by atoms with Crippen molar-refractivity contribution in [2.75, 3.05) is 17.7 Å². The van der Waals surface area contributed by atoms with Crippen molar-refractivity contribution in [3.63, 3.8) is 0 Å². The highest BCUT2D eigenvalue weighted by molar-refractivity contribution is 7.17. The Hall–Kier alpha value is -2.34. The smallest absolute Gasteiger partial charge is 0.258 e. The number of rotatable bonds is 4. The van der Waals surface area contributed by atoms with Gasteiger partial charge in [0.05, 0.1) is 12.7 Å². The molecule has 0 bridgehead atoms. The van der Waals surface area contributed by atoms with Crippen LogP contribution >= 0.6 is 11.3 Å². The molecule has 0 aliphatic heterocycles. The molecule has 1 atom stereocenters. The number of nitrogens with one attached hydrogen (secondary N) is 2. The van der Waals surface area contributed by atoms with E-state index >= 15 is 0 Å². The molecule has 0 spiro atoms. The lowest BCUT2D eigenvalue weighted by atomic mass is 9.88. The fourth-order valence-electron chi connectivity index (χ4n) is 3.13. The molecule has 3 rings (SSSR count). The van der Waals surface area contributed by atoms with E-state index in [1.807, 2.05) is 18.2 Å². The van der Waals surface area contributed by atoms with E-state index in [0.717, 1.165) is 24.8 Å². The third-order valence-corrected chi connectivity index (χ3v) is 5.53. The zero-order chi connectivity index (χ0) is 18.0. The normalized spacial score (nSPS) is 16.0. The van der Waals surface area contributed by atoms with Gasteiger partial charge in [-0.1, -0.05) is 13.0 Å². The second-order valence-corrected chi connectivity index (χ2v) is 7.53. The molecule has 2 aromatic rings. The van der Waals surface area contributed by atoms with E-state index < -0.39 is 0 Å². The number of hydrogen-bond donors (Lipinski definition) is 2. The molecule has 1 heterocycles. The van der Waals surface area contributed by atoms with Crippen LogP contribution in [0.2, 0.25) is 0 Å². The number of thiophene rings is 1. The fourth-order valence-corrected chi connectivity index (χ4v) is 4.59. The third-order valence-electron chi connectivity index (χ3n) is 4.36. The highest BCUT2D eigenvalue weighted by Gasteiger charge is 2.28. The van der Waals surface area contributed by atoms with E-state index in [9.17, 15) is 9.59 Å². The van der Waals surface area contributed by atoms with Gasteiger partial charge < -0.3 is 15.4 Å². The molecule has 25 heavy (non-hydrogen) atoms. The molecule has 0 fully saturated rings. The maximum absolute atomic E-state index is 12.9. The molecule has 0 saturated heterocycles. The summed E-state index contributed by atoms with van der Waals surface area (Å²) in [5.74, 6) is 0.929. The molecule has 1 aromatic heterocycles. The lowest BCUT2D eigenvalue weighted by Crippen LogP contribution is -2.18. The molecular formula is C19H22N2O3S. The first-order valence-corrected chi connectivity index (χ1v) is 9.17. The van der Waals surface area contributed by atoms with Gasteiger partial charge in [-0.3, -0.25) is 9.59 Å². The predicted octanol–water partition coefficient (Wildman–Crippen LogP) is 4.09. The third kappa shape index (κ3) is 3.85. The summed E-state index contributed by atoms with van der Waals surface area (Å²) < 4.78 is 5.20. The largest absolute Gasteiger partial charge is 0.497 e. The van der Waals surface area contributed by atoms with E-state index in [1.165, 1.54) is 23.1 Å². The van der Waals surface area contributed by atoms with Crippen LogP contribution in [-0.2, 0) is 17.6 Å². The SMILES string of the molecule is COc1cccc(NC(=O)c2c(NC(C)=O)sc3c2CC[C@@H](C)C3)c1. The fraction of sp³-hybridized carbons (Fsp3) is 0.368. The molecule has 0 unspecified atom stereocenters. The van der Waals surface area contributed by atoms with Crippen LogP contribution in [0, 0.1) is 5.92 Å². The van der Waals surface area contributed by atoms with Gasteiger partial charge in [-0.25, -0.2) is 0 Å². The first-order valence-electron chi connectivity index (χ1n) is 8.35. The summed E-state index contributed by atoms with van der Waals surface area (Å²) in [7, 11) is 1.59. The second-order valence-electron chi connectivity index (χ2n) is 6.42. The molecule has 1 aliphatic carbocycles. The molecule has 1 aliphatic rings. The monoisotopic (exact) mass is 358 g/mol. The van der Waals surface area contributed by atoms with Crippen molar-refractivity contribution in [1.82, 2.24) is 0 Å². The van der Waals surface area contributed by atoms with E-state index in [4.69, 9.17) is 4.74 Å². The summed E-state index contributed by atoms with van der Waals surface area (Å²) in [5.41, 5.74) is 2.35. The Morgan fingerprint density at radius 2 is 2.08 bits per heavy atom. The van der Waals surface area contributed by atoms with Crippen molar-refractivity contribution in [3.8, 4) is 5.75 Å². The number of fused-ring (bicyclic) bond motifs is 1. The minimum Gasteiger partial charge on any atom is -0.497 e. The average Bonchev–Trinajstić information content (AvgIpc) is 2.91. The number of carbonyl (C=O) groups excluding carboxylic acids is 2. The Morgan fingerprint density at radius 3 is 2.80 bits per heavy atom. The minimum atomic E-state index is -0.191. The van der Waals surface area contributed by atoms with Crippen LogP contribution in [0.4, 0.5) is 10.7 Å². The molecule has 2 N–H and O–H groups in total. The topological polar surface area (TPSA) is 67.4 Å². The van der Waals surface area contributed by atoms with Gasteiger partial charge in [0.2, 0.25) is 5.91 Å². The summed E-state index contributed by atoms with van der Waals surface area (Å²) >= 11 is 1.52. The predicted molar refractivity (Wildman–Crippen MR) is 101 cm³/mol. The quantitative estimate of drug-likeness (QED) is 0.865. The van der Waals surface area contributed by atoms with Crippen LogP contribution in [0.1, 0.15) is 41.1 Å². The molecule has 0 saturated carbocycles. The van der Waals surface area contributed by atoms with Gasteiger partial charge in [-0.15, -0.1) is 11.3 Å². The van der Waals surface area contributed by atoms with Crippen molar-refractivity contribution in [2.45, 2.75) is 33.1 Å². The molecule has 6 heteroatoms. The Morgan fingerprint density at radius 1 is 1.28 bits per heavy atom. The van der Waals surface area contributed by atoms with Crippen LogP contribution in [-0.4, -0.2) is 18.9 Å². The first-order chi connectivity index (χ1) is 12.0. The Kier molecular flexibility index (Phi) is 5.08. The van der Waals surface area contributed by atoms with Gasteiger partial charge in [0.25, 0.3) is 5.91 Å². The van der Waals surface area contributed by atoms with Crippen LogP contribution in [0.15, 0.2) is 24.3 Å². The number of benzene rings is 1. The average molecular weight is 358 g/mol. The van der Waals surface area contributed by atoms with Crippen molar-refractivity contribution in [1.29, 1.82) is 0 Å². The Bertz CT molecular complexity index is 813. The van der Waals surface area contributed by atoms with Gasteiger partial charge in [0.15, 0.2) is 0 Å². The summed E-state index contributed by atoms with van der Waals surface area (Å²) in [6, 6.07) is 7.25. The highest BCUT2D eigenvalue weighted by Crippen LogP contribution is 2.40. The van der Waals surface area contributed by atoms with E-state index in [0.29, 0.717) is 27.9 Å². The van der Waals surface area contributed by atoms with Crippen molar-refractivity contribution in [2.24, 2.45) is 5.92 Å². The zero-order valence-electron chi connectivity index (χ0n) is 14.6. The van der Waals surface area contributed by atoms with Crippen LogP contribution in [0.25, 0.3) is 0 Å². The standard InChI is InChI=1S/C19H22N2O3S/c1-11-7-8-15-16(9-11)25-19(20-12(2)22)17(15)18(23)21-13-5-4-6-14(10-13)24-3/h4-6,10-11H,7-9H2,1-3H3,(H,20,22)(H,21,23)/t11-/m1/s1.